The summed E-state index contributed by atoms with van der Waals surface area (Å²) in [4.78, 5) is 0. The van der Waals surface area contributed by atoms with Crippen LogP contribution in [0, 0.1) is 20.8 Å². The van der Waals surface area contributed by atoms with Gasteiger partial charge in [0.25, 0.3) is 0 Å². The monoisotopic (exact) mass is 498 g/mol. The fourth-order valence-corrected chi connectivity index (χ4v) is 4.03. The molecule has 0 spiro atoms. The van der Waals surface area contributed by atoms with Gasteiger partial charge in [-0.2, -0.15) is 10.2 Å². The quantitative estimate of drug-likeness (QED) is 0.309. The Bertz CT molecular complexity index is 1290. The zero-order valence-electron chi connectivity index (χ0n) is 18.6. The first-order chi connectivity index (χ1) is 15.8. The Labute approximate surface area is 208 Å². The van der Waals surface area contributed by atoms with Gasteiger partial charge in [0, 0.05) is 12.3 Å². The van der Waals surface area contributed by atoms with Crippen LogP contribution in [0.3, 0.4) is 0 Å². The van der Waals surface area contributed by atoms with Crippen LogP contribution in [0.1, 0.15) is 28.1 Å². The molecule has 0 unspecified atom stereocenters. The Balaban J connectivity index is 1.39. The van der Waals surface area contributed by atoms with Gasteiger partial charge in [-0.1, -0.05) is 59.1 Å². The van der Waals surface area contributed by atoms with E-state index >= 15 is 0 Å². The minimum Gasteiger partial charge on any atom is -0.329 e. The third kappa shape index (κ3) is 5.74. The van der Waals surface area contributed by atoms with Gasteiger partial charge >= 0.3 is 0 Å². The molecule has 0 aliphatic carbocycles. The molecule has 0 radical (unpaired) electrons. The molecule has 4 rings (SSSR count). The van der Waals surface area contributed by atoms with Gasteiger partial charge < -0.3 is 10.6 Å². The lowest BCUT2D eigenvalue weighted by Crippen LogP contribution is -2.20. The average Bonchev–Trinajstić information content (AvgIpc) is 3.31. The molecular formula is C24H24Cl2N6S. The van der Waals surface area contributed by atoms with Gasteiger partial charge in [0.1, 0.15) is 0 Å². The number of aromatic nitrogens is 4. The van der Waals surface area contributed by atoms with Crippen LogP contribution < -0.4 is 10.6 Å². The summed E-state index contributed by atoms with van der Waals surface area (Å²) in [6.07, 6.45) is 1.88. The van der Waals surface area contributed by atoms with E-state index in [1.165, 1.54) is 11.1 Å². The van der Waals surface area contributed by atoms with Crippen molar-refractivity contribution in [3.05, 3.63) is 92.9 Å². The maximum absolute atomic E-state index is 6.10. The summed E-state index contributed by atoms with van der Waals surface area (Å²) in [6, 6.07) is 15.9. The number of benzene rings is 2. The van der Waals surface area contributed by atoms with Crippen molar-refractivity contribution in [2.75, 3.05) is 10.6 Å². The second-order valence-corrected chi connectivity index (χ2v) is 9.14. The summed E-state index contributed by atoms with van der Waals surface area (Å²) in [6.45, 7) is 7.36. The number of rotatable bonds is 6. The molecular weight excluding hydrogens is 475 g/mol. The fraction of sp³-hybridized carbons (Fsp3) is 0.208. The summed E-state index contributed by atoms with van der Waals surface area (Å²) in [5.74, 6) is 0.648. The van der Waals surface area contributed by atoms with Crippen LogP contribution in [0.15, 0.2) is 54.7 Å². The zero-order valence-corrected chi connectivity index (χ0v) is 20.9. The molecule has 0 amide bonds. The average molecular weight is 499 g/mol. The fourth-order valence-electron chi connectivity index (χ4n) is 3.50. The lowest BCUT2D eigenvalue weighted by molar-refractivity contribution is 0.659. The van der Waals surface area contributed by atoms with Crippen LogP contribution in [0.25, 0.3) is 0 Å². The number of hydrogen-bond acceptors (Lipinski definition) is 3. The van der Waals surface area contributed by atoms with E-state index in [9.17, 15) is 0 Å². The molecule has 0 aliphatic rings. The molecule has 0 aliphatic heterocycles. The first kappa shape index (κ1) is 23.3. The highest BCUT2D eigenvalue weighted by Gasteiger charge is 2.14. The number of anilines is 2. The second-order valence-electron chi connectivity index (χ2n) is 7.92. The van der Waals surface area contributed by atoms with Gasteiger partial charge in [0.2, 0.25) is 0 Å². The number of hydrogen-bond donors (Lipinski definition) is 2. The van der Waals surface area contributed by atoms with Crippen molar-refractivity contribution in [1.82, 2.24) is 19.6 Å². The Morgan fingerprint density at radius 3 is 2.33 bits per heavy atom. The molecule has 0 saturated heterocycles. The highest BCUT2D eigenvalue weighted by atomic mass is 35.5. The minimum absolute atomic E-state index is 0.455. The molecule has 4 aromatic rings. The number of thiocarbonyl (C=S) groups is 1. The van der Waals surface area contributed by atoms with Crippen LogP contribution in [-0.4, -0.2) is 24.7 Å². The predicted molar refractivity (Wildman–Crippen MR) is 140 cm³/mol. The number of halogens is 2. The van der Waals surface area contributed by atoms with E-state index < -0.39 is 0 Å². The summed E-state index contributed by atoms with van der Waals surface area (Å²) in [7, 11) is 0. The molecule has 170 valence electrons. The molecule has 2 aromatic heterocycles. The highest BCUT2D eigenvalue weighted by molar-refractivity contribution is 7.80. The first-order valence-corrected chi connectivity index (χ1v) is 11.6. The molecule has 0 bridgehead atoms. The van der Waals surface area contributed by atoms with Gasteiger partial charge in [-0.15, -0.1) is 0 Å². The lowest BCUT2D eigenvalue weighted by atomic mass is 10.1. The summed E-state index contributed by atoms with van der Waals surface area (Å²) < 4.78 is 3.79. The van der Waals surface area contributed by atoms with Crippen molar-refractivity contribution < 1.29 is 0 Å². The van der Waals surface area contributed by atoms with Crippen LogP contribution in [-0.2, 0) is 13.1 Å². The van der Waals surface area contributed by atoms with Crippen molar-refractivity contribution in [3.63, 3.8) is 0 Å². The van der Waals surface area contributed by atoms with E-state index in [1.807, 2.05) is 42.9 Å². The number of nitrogens with one attached hydrogen (secondary N) is 2. The van der Waals surface area contributed by atoms with E-state index in [4.69, 9.17) is 35.4 Å². The second kappa shape index (κ2) is 9.95. The summed E-state index contributed by atoms with van der Waals surface area (Å²) >= 11 is 17.6. The number of nitrogens with zero attached hydrogens (tertiary/aromatic N) is 4. The topological polar surface area (TPSA) is 59.7 Å². The molecule has 6 nitrogen and oxygen atoms in total. The van der Waals surface area contributed by atoms with Crippen LogP contribution in [0.4, 0.5) is 11.5 Å². The Hall–Kier alpha value is -2.87. The van der Waals surface area contributed by atoms with E-state index in [0.29, 0.717) is 34.1 Å². The van der Waals surface area contributed by atoms with Gasteiger partial charge in [-0.05, 0) is 56.2 Å². The van der Waals surface area contributed by atoms with Crippen molar-refractivity contribution >= 4 is 52.0 Å². The minimum atomic E-state index is 0.455. The molecule has 33 heavy (non-hydrogen) atoms. The predicted octanol–water partition coefficient (Wildman–Crippen LogP) is 6.22. The number of aryl methyl sites for hydroxylation is 2. The first-order valence-electron chi connectivity index (χ1n) is 10.4. The molecule has 0 atom stereocenters. The normalized spacial score (nSPS) is 10.9. The molecule has 2 N–H and O–H groups in total. The highest BCUT2D eigenvalue weighted by Crippen LogP contribution is 2.23. The Kier molecular flexibility index (Phi) is 7.02. The third-order valence-electron chi connectivity index (χ3n) is 5.28. The van der Waals surface area contributed by atoms with Crippen molar-refractivity contribution in [1.29, 1.82) is 0 Å². The van der Waals surface area contributed by atoms with Crippen LogP contribution >= 0.6 is 35.4 Å². The largest absolute Gasteiger partial charge is 0.329 e. The molecule has 0 fully saturated rings. The maximum atomic E-state index is 6.10. The molecule has 0 saturated carbocycles. The molecule has 2 heterocycles. The molecule has 2 aromatic carbocycles. The lowest BCUT2D eigenvalue weighted by Gasteiger charge is -2.10. The van der Waals surface area contributed by atoms with Crippen molar-refractivity contribution in [2.45, 2.75) is 33.9 Å². The summed E-state index contributed by atoms with van der Waals surface area (Å²) in [5, 5.41) is 17.1. The maximum Gasteiger partial charge on any atom is 0.176 e. The van der Waals surface area contributed by atoms with Gasteiger partial charge in [-0.3, -0.25) is 9.36 Å². The van der Waals surface area contributed by atoms with Gasteiger partial charge in [0.15, 0.2) is 10.9 Å². The van der Waals surface area contributed by atoms with Crippen molar-refractivity contribution in [3.8, 4) is 0 Å². The summed E-state index contributed by atoms with van der Waals surface area (Å²) in [5.41, 5.74) is 6.24. The van der Waals surface area contributed by atoms with E-state index in [0.717, 1.165) is 22.6 Å². The Morgan fingerprint density at radius 2 is 1.61 bits per heavy atom. The standard InChI is InChI=1S/C24H24Cl2N6S/c1-15-4-6-18(7-5-15)14-32-17(3)23(16(2)29-32)28-24(33)27-22-10-11-31(30-22)13-19-8-9-20(25)21(26)12-19/h4-12H,13-14H2,1-3H3,(H2,27,28,30,33). The smallest absolute Gasteiger partial charge is 0.176 e. The third-order valence-corrected chi connectivity index (χ3v) is 6.23. The molecule has 9 heteroatoms. The SMILES string of the molecule is Cc1ccc(Cn2nc(C)c(NC(=S)Nc3ccn(Cc4ccc(Cl)c(Cl)c4)n3)c2C)cc1. The van der Waals surface area contributed by atoms with Crippen molar-refractivity contribution in [2.24, 2.45) is 0 Å². The van der Waals surface area contributed by atoms with Crippen LogP contribution in [0.5, 0.6) is 0 Å². The van der Waals surface area contributed by atoms with E-state index in [2.05, 4.69) is 52.0 Å². The van der Waals surface area contributed by atoms with Crippen LogP contribution in [0.2, 0.25) is 10.0 Å². The van der Waals surface area contributed by atoms with E-state index in [-0.39, 0.29) is 0 Å². The Morgan fingerprint density at radius 1 is 0.879 bits per heavy atom. The van der Waals surface area contributed by atoms with Gasteiger partial charge in [0.05, 0.1) is 40.2 Å². The zero-order chi connectivity index (χ0) is 23.5. The van der Waals surface area contributed by atoms with E-state index in [1.54, 1.807) is 10.7 Å². The van der Waals surface area contributed by atoms with Gasteiger partial charge in [-0.25, -0.2) is 0 Å².